The van der Waals surface area contributed by atoms with Gasteiger partial charge in [0, 0.05) is 49.2 Å². The topological polar surface area (TPSA) is 61.4 Å². The average Bonchev–Trinajstić information content (AvgIpc) is 2.90. The largest absolute Gasteiger partial charge is 0.351 e. The summed E-state index contributed by atoms with van der Waals surface area (Å²) >= 11 is 0. The normalized spacial score (nSPS) is 19.7. The van der Waals surface area contributed by atoms with E-state index in [9.17, 15) is 4.79 Å². The SMILES string of the molecule is CN1CCN(C(=O)c2ccc(-c3cnc(NC4CCCCC4)nc3)cc2)[C@H](c2ccccc2)C1. The molecule has 6 nitrogen and oxygen atoms in total. The fourth-order valence-electron chi connectivity index (χ4n) is 5.08. The van der Waals surface area contributed by atoms with Gasteiger partial charge >= 0.3 is 0 Å². The molecule has 34 heavy (non-hydrogen) atoms. The van der Waals surface area contributed by atoms with Gasteiger partial charge in [-0.1, -0.05) is 61.7 Å². The number of anilines is 1. The summed E-state index contributed by atoms with van der Waals surface area (Å²) in [5.74, 6) is 0.779. The molecule has 5 rings (SSSR count). The summed E-state index contributed by atoms with van der Waals surface area (Å²) in [7, 11) is 2.12. The summed E-state index contributed by atoms with van der Waals surface area (Å²) in [4.78, 5) is 26.8. The number of likely N-dealkylation sites (N-methyl/N-ethyl adjacent to an activating group) is 1. The van der Waals surface area contributed by atoms with Crippen LogP contribution in [0.15, 0.2) is 67.0 Å². The van der Waals surface area contributed by atoms with Gasteiger partial charge in [-0.05, 0) is 43.1 Å². The van der Waals surface area contributed by atoms with Crippen molar-refractivity contribution in [2.45, 2.75) is 44.2 Å². The van der Waals surface area contributed by atoms with Gasteiger partial charge in [-0.2, -0.15) is 0 Å². The lowest BCUT2D eigenvalue weighted by molar-refractivity contribution is 0.0498. The lowest BCUT2D eigenvalue weighted by atomic mass is 9.96. The predicted octanol–water partition coefficient (Wildman–Crippen LogP) is 5.02. The predicted molar refractivity (Wildman–Crippen MR) is 136 cm³/mol. The molecule has 0 spiro atoms. The fraction of sp³-hybridized carbons (Fsp3) is 0.393. The molecule has 0 radical (unpaired) electrons. The van der Waals surface area contributed by atoms with Crippen molar-refractivity contribution < 1.29 is 4.79 Å². The Labute approximate surface area is 202 Å². The Morgan fingerprint density at radius 2 is 1.59 bits per heavy atom. The van der Waals surface area contributed by atoms with Crippen LogP contribution in [0.3, 0.4) is 0 Å². The molecule has 6 heteroatoms. The number of hydrogen-bond acceptors (Lipinski definition) is 5. The van der Waals surface area contributed by atoms with Crippen LogP contribution in [0.2, 0.25) is 0 Å². The highest BCUT2D eigenvalue weighted by Crippen LogP contribution is 2.28. The van der Waals surface area contributed by atoms with Gasteiger partial charge in [0.25, 0.3) is 5.91 Å². The molecular weight excluding hydrogens is 422 g/mol. The zero-order valence-electron chi connectivity index (χ0n) is 19.9. The zero-order chi connectivity index (χ0) is 23.3. The fourth-order valence-corrected chi connectivity index (χ4v) is 5.08. The minimum atomic E-state index is 0.0599. The van der Waals surface area contributed by atoms with Crippen LogP contribution >= 0.6 is 0 Å². The molecular formula is C28H33N5O. The highest BCUT2D eigenvalue weighted by Gasteiger charge is 2.30. The van der Waals surface area contributed by atoms with Gasteiger partial charge in [-0.15, -0.1) is 0 Å². The van der Waals surface area contributed by atoms with Gasteiger partial charge in [0.2, 0.25) is 5.95 Å². The molecule has 1 saturated heterocycles. The quantitative estimate of drug-likeness (QED) is 0.586. The Balaban J connectivity index is 1.28. The van der Waals surface area contributed by atoms with Crippen LogP contribution in [-0.4, -0.2) is 58.4 Å². The smallest absolute Gasteiger partial charge is 0.254 e. The second-order valence-electron chi connectivity index (χ2n) is 9.54. The number of aromatic nitrogens is 2. The van der Waals surface area contributed by atoms with Crippen LogP contribution < -0.4 is 5.32 Å². The number of rotatable bonds is 5. The van der Waals surface area contributed by atoms with Crippen molar-refractivity contribution in [2.75, 3.05) is 32.0 Å². The summed E-state index contributed by atoms with van der Waals surface area (Å²) in [5.41, 5.74) is 3.86. The molecule has 1 amide bonds. The van der Waals surface area contributed by atoms with E-state index in [2.05, 4.69) is 39.4 Å². The third-order valence-electron chi connectivity index (χ3n) is 7.08. The Hall–Kier alpha value is -3.25. The van der Waals surface area contributed by atoms with Gasteiger partial charge in [0.05, 0.1) is 6.04 Å². The van der Waals surface area contributed by atoms with Gasteiger partial charge in [0.1, 0.15) is 0 Å². The van der Waals surface area contributed by atoms with Crippen molar-refractivity contribution in [2.24, 2.45) is 0 Å². The van der Waals surface area contributed by atoms with E-state index in [1.165, 1.54) is 37.7 Å². The van der Waals surface area contributed by atoms with Crippen LogP contribution in [-0.2, 0) is 0 Å². The second-order valence-corrected chi connectivity index (χ2v) is 9.54. The van der Waals surface area contributed by atoms with Gasteiger partial charge < -0.3 is 15.1 Å². The molecule has 0 bridgehead atoms. The van der Waals surface area contributed by atoms with Crippen LogP contribution in [0.25, 0.3) is 11.1 Å². The van der Waals surface area contributed by atoms with Crippen molar-refractivity contribution in [1.29, 1.82) is 0 Å². The molecule has 1 saturated carbocycles. The van der Waals surface area contributed by atoms with Crippen LogP contribution in [0, 0.1) is 0 Å². The first kappa shape index (κ1) is 22.5. The van der Waals surface area contributed by atoms with Gasteiger partial charge in [-0.3, -0.25) is 4.79 Å². The van der Waals surface area contributed by atoms with Crippen molar-refractivity contribution in [3.8, 4) is 11.1 Å². The van der Waals surface area contributed by atoms with Crippen molar-refractivity contribution in [3.63, 3.8) is 0 Å². The molecule has 0 unspecified atom stereocenters. The summed E-state index contributed by atoms with van der Waals surface area (Å²) in [5, 5.41) is 3.46. The molecule has 176 valence electrons. The number of piperazine rings is 1. The van der Waals surface area contributed by atoms with E-state index >= 15 is 0 Å². The Morgan fingerprint density at radius 1 is 0.882 bits per heavy atom. The molecule has 2 aliphatic rings. The maximum Gasteiger partial charge on any atom is 0.254 e. The Morgan fingerprint density at radius 3 is 2.29 bits per heavy atom. The minimum absolute atomic E-state index is 0.0599. The van der Waals surface area contributed by atoms with E-state index in [1.54, 1.807) is 0 Å². The van der Waals surface area contributed by atoms with Crippen molar-refractivity contribution in [1.82, 2.24) is 19.8 Å². The minimum Gasteiger partial charge on any atom is -0.351 e. The molecule has 2 fully saturated rings. The van der Waals surface area contributed by atoms with Crippen LogP contribution in [0.1, 0.15) is 54.1 Å². The van der Waals surface area contributed by atoms with Crippen molar-refractivity contribution >= 4 is 11.9 Å². The number of amides is 1. The van der Waals surface area contributed by atoms with Crippen molar-refractivity contribution in [3.05, 3.63) is 78.1 Å². The first-order valence-corrected chi connectivity index (χ1v) is 12.4. The summed E-state index contributed by atoms with van der Waals surface area (Å²) in [6, 6.07) is 18.7. The third-order valence-corrected chi connectivity index (χ3v) is 7.08. The number of carbonyl (C=O) groups is 1. The summed E-state index contributed by atoms with van der Waals surface area (Å²) in [6.07, 6.45) is 10.0. The second kappa shape index (κ2) is 10.3. The van der Waals surface area contributed by atoms with E-state index in [0.29, 0.717) is 17.6 Å². The molecule has 1 atom stereocenters. The molecule has 1 aliphatic heterocycles. The maximum atomic E-state index is 13.4. The van der Waals surface area contributed by atoms with Crippen LogP contribution in [0.4, 0.5) is 5.95 Å². The summed E-state index contributed by atoms with van der Waals surface area (Å²) < 4.78 is 0. The van der Waals surface area contributed by atoms with Gasteiger partial charge in [-0.25, -0.2) is 9.97 Å². The van der Waals surface area contributed by atoms with E-state index in [-0.39, 0.29) is 11.9 Å². The Bertz CT molecular complexity index is 1080. The monoisotopic (exact) mass is 455 g/mol. The number of carbonyl (C=O) groups excluding carboxylic acids is 1. The average molecular weight is 456 g/mol. The molecule has 1 aliphatic carbocycles. The summed E-state index contributed by atoms with van der Waals surface area (Å²) in [6.45, 7) is 2.44. The maximum absolute atomic E-state index is 13.4. The molecule has 1 aromatic heterocycles. The standard InChI is InChI=1S/C28H33N5O/c1-32-16-17-33(26(20-32)22-8-4-2-5-9-22)27(34)23-14-12-21(13-15-23)24-18-29-28(30-19-24)31-25-10-6-3-7-11-25/h2,4-5,8-9,12-15,18-19,25-26H,3,6-7,10-11,16-17,20H2,1H3,(H,29,30,31)/t26-/m0/s1. The van der Waals surface area contributed by atoms with Crippen LogP contribution in [0.5, 0.6) is 0 Å². The van der Waals surface area contributed by atoms with Gasteiger partial charge in [0.15, 0.2) is 0 Å². The van der Waals surface area contributed by atoms with E-state index in [4.69, 9.17) is 0 Å². The molecule has 2 heterocycles. The lowest BCUT2D eigenvalue weighted by Gasteiger charge is -2.40. The highest BCUT2D eigenvalue weighted by atomic mass is 16.2. The van der Waals surface area contributed by atoms with E-state index < -0.39 is 0 Å². The number of nitrogens with one attached hydrogen (secondary N) is 1. The first-order chi connectivity index (χ1) is 16.7. The van der Waals surface area contributed by atoms with E-state index in [1.807, 2.05) is 59.8 Å². The molecule has 3 aromatic rings. The van der Waals surface area contributed by atoms with E-state index in [0.717, 1.165) is 30.8 Å². The first-order valence-electron chi connectivity index (χ1n) is 12.4. The highest BCUT2D eigenvalue weighted by molar-refractivity contribution is 5.95. The molecule has 1 N–H and O–H groups in total. The number of hydrogen-bond donors (Lipinski definition) is 1. The third kappa shape index (κ3) is 5.12. The zero-order valence-corrected chi connectivity index (χ0v) is 19.9. The number of nitrogens with zero attached hydrogens (tertiary/aromatic N) is 4. The molecule has 2 aromatic carbocycles. The number of benzene rings is 2. The Kier molecular flexibility index (Phi) is 6.86. The lowest BCUT2D eigenvalue weighted by Crippen LogP contribution is -2.49.